The number of nitrogens with one attached hydrogen (secondary N) is 1. The smallest absolute Gasteiger partial charge is 0.380 e. The molecule has 2 saturated heterocycles. The molecule has 0 aliphatic carbocycles. The molecule has 1 amide bonds. The third-order valence-electron chi connectivity index (χ3n) is 10.5. The molecule has 3 aliphatic heterocycles. The zero-order valence-corrected chi connectivity index (χ0v) is 30.5. The van der Waals surface area contributed by atoms with Crippen LogP contribution >= 0.6 is 0 Å². The van der Waals surface area contributed by atoms with Gasteiger partial charge in [0, 0.05) is 63.9 Å². The molecule has 5 heterocycles. The van der Waals surface area contributed by atoms with Crippen molar-refractivity contribution in [2.75, 3.05) is 78.1 Å². The van der Waals surface area contributed by atoms with Gasteiger partial charge >= 0.3 is 11.9 Å². The number of ether oxygens (including phenoxy) is 1. The Labute approximate surface area is 311 Å². The van der Waals surface area contributed by atoms with Gasteiger partial charge in [-0.1, -0.05) is 12.1 Å². The largest absolute Gasteiger partial charge is 0.418 e. The zero-order chi connectivity index (χ0) is 38.0. The fourth-order valence-electron chi connectivity index (χ4n) is 7.39. The summed E-state index contributed by atoms with van der Waals surface area (Å²) in [6.07, 6.45) is -1.75. The van der Waals surface area contributed by atoms with Gasteiger partial charge in [-0.25, -0.2) is 4.79 Å². The van der Waals surface area contributed by atoms with Crippen molar-refractivity contribution in [3.8, 4) is 5.69 Å². The summed E-state index contributed by atoms with van der Waals surface area (Å²) >= 11 is 0. The number of imidazole rings is 1. The maximum absolute atomic E-state index is 14.4. The molecular weight excluding hydrogens is 703 g/mol. The number of hydrogen-bond acceptors (Lipinski definition) is 9. The number of aliphatic hydroxyl groups is 1. The number of benzene rings is 2. The third-order valence-corrected chi connectivity index (χ3v) is 10.5. The first kappa shape index (κ1) is 37.4. The average Bonchev–Trinajstić information content (AvgIpc) is 3.76. The number of anilines is 1. The second kappa shape index (κ2) is 15.8. The highest BCUT2D eigenvalue weighted by atomic mass is 19.4. The topological polar surface area (TPSA) is 127 Å². The van der Waals surface area contributed by atoms with Crippen molar-refractivity contribution in [2.24, 2.45) is 5.10 Å². The van der Waals surface area contributed by atoms with Gasteiger partial charge in [-0.3, -0.25) is 24.1 Å². The van der Waals surface area contributed by atoms with Crippen LogP contribution in [0.4, 0.5) is 18.9 Å². The Morgan fingerprint density at radius 1 is 1.06 bits per heavy atom. The van der Waals surface area contributed by atoms with E-state index in [-0.39, 0.29) is 24.1 Å². The van der Waals surface area contributed by atoms with Crippen LogP contribution in [-0.2, 0) is 17.5 Å². The number of alkyl halides is 3. The lowest BCUT2D eigenvalue weighted by molar-refractivity contribution is -0.655. The number of nitrogens with zero attached hydrogens (tertiary/aromatic N) is 7. The number of amides is 1. The van der Waals surface area contributed by atoms with E-state index in [1.807, 2.05) is 24.3 Å². The summed E-state index contributed by atoms with van der Waals surface area (Å²) in [5, 5.41) is 17.3. The molecule has 7 rings (SSSR count). The van der Waals surface area contributed by atoms with E-state index in [9.17, 15) is 27.9 Å². The van der Waals surface area contributed by atoms with E-state index >= 15 is 0 Å². The summed E-state index contributed by atoms with van der Waals surface area (Å²) in [6.45, 7) is 6.83. The maximum atomic E-state index is 14.4. The summed E-state index contributed by atoms with van der Waals surface area (Å²) in [6, 6.07) is 15.4. The Hall–Kier alpha value is -4.90. The molecule has 288 valence electrons. The number of carbonyl (C=O) groups excluding carboxylic acids is 1. The minimum Gasteiger partial charge on any atom is -0.380 e. The monoisotopic (exact) mass is 750 g/mol. The number of halogens is 3. The summed E-state index contributed by atoms with van der Waals surface area (Å²) in [5.74, 6) is 0.328. The van der Waals surface area contributed by atoms with Gasteiger partial charge in [-0.2, -0.15) is 18.3 Å². The number of pyridine rings is 1. The number of hydrazone groups is 1. The molecule has 2 fully saturated rings. The number of likely N-dealkylation sites (N-methyl/N-ethyl adjacent to an activating group) is 2. The van der Waals surface area contributed by atoms with E-state index in [1.54, 1.807) is 48.2 Å². The minimum absolute atomic E-state index is 0.0256. The van der Waals surface area contributed by atoms with Crippen molar-refractivity contribution < 1.29 is 33.1 Å². The van der Waals surface area contributed by atoms with Gasteiger partial charge in [0.25, 0.3) is 5.91 Å². The Kier molecular flexibility index (Phi) is 11.0. The molecule has 2 aromatic heterocycles. The second-order valence-electron chi connectivity index (χ2n) is 14.3. The molecule has 1 atom stereocenters. The molecule has 4 aromatic rings. The molecule has 2 aromatic carbocycles. The summed E-state index contributed by atoms with van der Waals surface area (Å²) in [7, 11) is 3.53. The van der Waals surface area contributed by atoms with E-state index in [1.165, 1.54) is 17.0 Å². The number of quaternary nitrogens is 1. The highest BCUT2D eigenvalue weighted by Crippen LogP contribution is 2.34. The minimum atomic E-state index is -4.69. The van der Waals surface area contributed by atoms with Crippen LogP contribution in [0.15, 0.2) is 76.9 Å². The Bertz CT molecular complexity index is 2030. The van der Waals surface area contributed by atoms with Gasteiger partial charge in [-0.05, 0) is 66.4 Å². The zero-order valence-electron chi connectivity index (χ0n) is 30.5. The van der Waals surface area contributed by atoms with Gasteiger partial charge < -0.3 is 29.9 Å². The van der Waals surface area contributed by atoms with Crippen LogP contribution in [0.2, 0.25) is 0 Å². The number of piperidine rings is 1. The lowest BCUT2D eigenvalue weighted by Gasteiger charge is -2.32. The number of carbonyl (C=O) groups is 1. The van der Waals surface area contributed by atoms with Gasteiger partial charge in [0.15, 0.2) is 5.84 Å². The number of fused-ring (bicyclic) bond motifs is 1. The van der Waals surface area contributed by atoms with Gasteiger partial charge in [0.1, 0.15) is 12.8 Å². The summed E-state index contributed by atoms with van der Waals surface area (Å²) in [4.78, 5) is 34.4. The van der Waals surface area contributed by atoms with Crippen molar-refractivity contribution in [3.63, 3.8) is 0 Å². The fourth-order valence-corrected chi connectivity index (χ4v) is 7.39. The lowest BCUT2D eigenvalue weighted by atomic mass is 10.1. The summed E-state index contributed by atoms with van der Waals surface area (Å²) in [5.41, 5.74) is 3.90. The third kappa shape index (κ3) is 8.11. The molecule has 0 radical (unpaired) electrons. The van der Waals surface area contributed by atoms with E-state index in [0.29, 0.717) is 74.0 Å². The summed E-state index contributed by atoms with van der Waals surface area (Å²) < 4.78 is 51.6. The Morgan fingerprint density at radius 2 is 1.80 bits per heavy atom. The maximum Gasteiger partial charge on any atom is 0.418 e. The van der Waals surface area contributed by atoms with Crippen LogP contribution in [0.3, 0.4) is 0 Å². The number of aliphatic hydroxyl groups excluding tert-OH is 1. The van der Waals surface area contributed by atoms with Crippen molar-refractivity contribution in [1.82, 2.24) is 29.1 Å². The average molecular weight is 751 g/mol. The number of piperazine rings is 1. The molecule has 3 aliphatic rings. The van der Waals surface area contributed by atoms with Crippen molar-refractivity contribution in [3.05, 3.63) is 99.7 Å². The number of aromatic nitrogens is 2. The standard InChI is InChI=1S/C38H46F3N9O4/c1-45(36(52)27-6-8-29(9-7-27)48-16-12-42-13-17-48)18-19-54-31-10-14-47(15-11-31)22-26-20-32(38(39,40)41)33-24-49(37(53)50(33)23-26)30-5-3-4-28(21-30)34(51)35-44-43-25-46(35)2/h3-9,20-21,23-24,31,34,42-43,51H,10-19,22,25H2,1-2H3/p+1/t34-/m1/s1. The van der Waals surface area contributed by atoms with Crippen molar-refractivity contribution in [1.29, 1.82) is 0 Å². The predicted octanol–water partition coefficient (Wildman–Crippen LogP) is 2.09. The molecular formula is C38H47F3N9O4+. The fraction of sp³-hybridized carbons (Fsp3) is 0.447. The first-order valence-corrected chi connectivity index (χ1v) is 18.4. The van der Waals surface area contributed by atoms with E-state index in [2.05, 4.69) is 25.6 Å². The number of rotatable bonds is 11. The van der Waals surface area contributed by atoms with Gasteiger partial charge in [0.2, 0.25) is 0 Å². The van der Waals surface area contributed by atoms with Gasteiger partial charge in [-0.15, -0.1) is 0 Å². The lowest BCUT2D eigenvalue weighted by Crippen LogP contribution is -2.89. The first-order valence-electron chi connectivity index (χ1n) is 18.4. The molecule has 4 N–H and O–H groups in total. The number of hydrogen-bond donors (Lipinski definition) is 3. The van der Waals surface area contributed by atoms with Crippen LogP contribution < -0.4 is 21.3 Å². The predicted molar refractivity (Wildman–Crippen MR) is 198 cm³/mol. The molecule has 0 unspecified atom stereocenters. The van der Waals surface area contributed by atoms with Crippen LogP contribution in [0.25, 0.3) is 11.2 Å². The van der Waals surface area contributed by atoms with Crippen LogP contribution in [0.5, 0.6) is 0 Å². The number of amidine groups is 1. The van der Waals surface area contributed by atoms with Gasteiger partial charge in [0.05, 0.1) is 55.7 Å². The van der Waals surface area contributed by atoms with Crippen LogP contribution in [0.1, 0.15) is 46.0 Å². The van der Waals surface area contributed by atoms with E-state index in [4.69, 9.17) is 4.74 Å². The molecule has 0 saturated carbocycles. The second-order valence-corrected chi connectivity index (χ2v) is 14.3. The van der Waals surface area contributed by atoms with Crippen LogP contribution in [-0.4, -0.2) is 120 Å². The quantitative estimate of drug-likeness (QED) is 0.213. The molecule has 0 spiro atoms. The van der Waals surface area contributed by atoms with E-state index < -0.39 is 23.5 Å². The normalized spacial score (nSPS) is 17.9. The van der Waals surface area contributed by atoms with E-state index in [0.717, 1.165) is 42.3 Å². The van der Waals surface area contributed by atoms with Crippen molar-refractivity contribution >= 4 is 22.9 Å². The SMILES string of the molecule is CN(CCOC1CCN(Cc2cc(C(F)(F)F)c3cn(-c4cccc([C@@H](O)C5=NNCN5C)c4)c(=O)n3c2)CC1)C(=O)c1ccc(N2CC[NH2+]CC2)cc1. The van der Waals surface area contributed by atoms with Crippen molar-refractivity contribution in [2.45, 2.75) is 37.8 Å². The molecule has 13 nitrogen and oxygen atoms in total. The molecule has 54 heavy (non-hydrogen) atoms. The Morgan fingerprint density at radius 3 is 2.48 bits per heavy atom. The molecule has 0 bridgehead atoms. The number of likely N-dealkylation sites (tertiary alicyclic amines) is 1. The highest BCUT2D eigenvalue weighted by molar-refractivity contribution is 5.94. The first-order chi connectivity index (χ1) is 26.0. The van der Waals surface area contributed by atoms with Crippen LogP contribution in [0, 0.1) is 0 Å². The highest BCUT2D eigenvalue weighted by Gasteiger charge is 2.35. The Balaban J connectivity index is 0.955. The number of nitrogens with two attached hydrogens (primary N) is 1. The molecule has 16 heteroatoms.